The molecule has 0 unspecified atom stereocenters. The van der Waals surface area contributed by atoms with Gasteiger partial charge in [0.05, 0.1) is 41.0 Å². The number of pyridine rings is 1. The first-order valence-electron chi connectivity index (χ1n) is 18.0. The van der Waals surface area contributed by atoms with Crippen molar-refractivity contribution >= 4 is 29.2 Å². The molecule has 0 bridgehead atoms. The lowest BCUT2D eigenvalue weighted by atomic mass is 9.92. The number of aromatic nitrogens is 1. The number of piperidine rings is 1. The summed E-state index contributed by atoms with van der Waals surface area (Å²) in [6.45, 7) is 5.50. The molecule has 12 nitrogen and oxygen atoms in total. The number of nitriles is 1. The maximum atomic E-state index is 11.8. The minimum atomic E-state index is -1.61. The summed E-state index contributed by atoms with van der Waals surface area (Å²) >= 11 is 13.6. The summed E-state index contributed by atoms with van der Waals surface area (Å²) in [6, 6.07) is 18.5. The average molecular weight is 794 g/mol. The number of likely N-dealkylation sites (tertiary alicyclic amines) is 1. The topological polar surface area (TPSA) is 178 Å². The smallest absolute Gasteiger partial charge is 0.326 e. The minimum Gasteiger partial charge on any atom is -0.492 e. The molecule has 4 aromatic rings. The second kappa shape index (κ2) is 18.9. The van der Waals surface area contributed by atoms with Crippen molar-refractivity contribution < 1.29 is 39.4 Å². The second-order valence-corrected chi connectivity index (χ2v) is 14.7. The van der Waals surface area contributed by atoms with Crippen LogP contribution in [0.25, 0.3) is 11.1 Å². The zero-order chi connectivity index (χ0) is 39.6. The van der Waals surface area contributed by atoms with E-state index in [-0.39, 0.29) is 31.4 Å². The quantitative estimate of drug-likeness (QED) is 0.0755. The van der Waals surface area contributed by atoms with Gasteiger partial charge >= 0.3 is 5.97 Å². The van der Waals surface area contributed by atoms with Crippen molar-refractivity contribution in [3.05, 3.63) is 105 Å². The van der Waals surface area contributed by atoms with E-state index in [2.05, 4.69) is 21.3 Å². The summed E-state index contributed by atoms with van der Waals surface area (Å²) in [5.74, 6) is 0.0592. The van der Waals surface area contributed by atoms with E-state index in [0.717, 1.165) is 48.3 Å². The number of hydrogen-bond donors (Lipinski definition) is 5. The molecule has 1 atom stereocenters. The number of aliphatic hydroxyl groups excluding tert-OH is 2. The second-order valence-electron chi connectivity index (χ2n) is 13.9. The number of aliphatic carboxylic acids is 1. The SMILES string of the molecule is Cc1c(COc2cc(OCc3cncc(C#N)c3)c(CN[C@](C)(CO)C(=O)O)cc2Cl)cccc1-c1cccc(OCCCN2CCC(O)(CO)CC2)c1Cl. The van der Waals surface area contributed by atoms with Gasteiger partial charge in [-0.25, -0.2) is 0 Å². The number of carboxylic acid groups (broad SMARTS) is 1. The molecule has 0 amide bonds. The van der Waals surface area contributed by atoms with E-state index in [4.69, 9.17) is 37.4 Å². The third kappa shape index (κ3) is 10.7. The molecule has 2 heterocycles. The molecule has 0 spiro atoms. The van der Waals surface area contributed by atoms with Gasteiger partial charge in [0.1, 0.15) is 42.1 Å². The number of nitrogens with one attached hydrogen (secondary N) is 1. The predicted octanol–water partition coefficient (Wildman–Crippen LogP) is 5.91. The Bertz CT molecular complexity index is 2000. The maximum Gasteiger partial charge on any atom is 0.326 e. The lowest BCUT2D eigenvalue weighted by Gasteiger charge is -2.36. The molecule has 14 heteroatoms. The van der Waals surface area contributed by atoms with Crippen LogP contribution in [-0.4, -0.2) is 86.9 Å². The zero-order valence-electron chi connectivity index (χ0n) is 30.9. The van der Waals surface area contributed by atoms with Gasteiger partial charge in [-0.3, -0.25) is 15.1 Å². The molecule has 55 heavy (non-hydrogen) atoms. The van der Waals surface area contributed by atoms with E-state index in [1.54, 1.807) is 24.4 Å². The summed E-state index contributed by atoms with van der Waals surface area (Å²) in [4.78, 5) is 18.2. The summed E-state index contributed by atoms with van der Waals surface area (Å²) < 4.78 is 18.5. The minimum absolute atomic E-state index is 0.00887. The highest BCUT2D eigenvalue weighted by molar-refractivity contribution is 6.35. The van der Waals surface area contributed by atoms with Gasteiger partial charge in [0.15, 0.2) is 0 Å². The summed E-state index contributed by atoms with van der Waals surface area (Å²) in [6.07, 6.45) is 4.92. The largest absolute Gasteiger partial charge is 0.492 e. The van der Waals surface area contributed by atoms with Gasteiger partial charge in [-0.1, -0.05) is 53.5 Å². The van der Waals surface area contributed by atoms with Crippen LogP contribution >= 0.6 is 23.2 Å². The van der Waals surface area contributed by atoms with Crippen LogP contribution in [0.15, 0.2) is 67.0 Å². The number of benzene rings is 3. The van der Waals surface area contributed by atoms with Crippen LogP contribution in [-0.2, 0) is 24.6 Å². The van der Waals surface area contributed by atoms with Gasteiger partial charge in [-0.05, 0) is 68.0 Å². The molecule has 5 rings (SSSR count). The Kier molecular flexibility index (Phi) is 14.4. The van der Waals surface area contributed by atoms with Gasteiger partial charge in [0.25, 0.3) is 0 Å². The molecular formula is C41H46Cl2N4O8. The van der Waals surface area contributed by atoms with Gasteiger partial charge < -0.3 is 39.5 Å². The lowest BCUT2D eigenvalue weighted by Crippen LogP contribution is -2.52. The number of hydrogen-bond acceptors (Lipinski definition) is 11. The average Bonchev–Trinajstić information content (AvgIpc) is 3.19. The third-order valence-electron chi connectivity index (χ3n) is 9.93. The molecule has 1 saturated heterocycles. The fourth-order valence-electron chi connectivity index (χ4n) is 6.18. The molecule has 1 aliphatic heterocycles. The van der Waals surface area contributed by atoms with Crippen molar-refractivity contribution in [3.63, 3.8) is 0 Å². The number of rotatable bonds is 18. The Morgan fingerprint density at radius 2 is 1.71 bits per heavy atom. The lowest BCUT2D eigenvalue weighted by molar-refractivity contribution is -0.145. The van der Waals surface area contributed by atoms with E-state index in [1.165, 1.54) is 13.1 Å². The number of ether oxygens (including phenoxy) is 3. The fourth-order valence-corrected chi connectivity index (χ4v) is 6.70. The first kappa shape index (κ1) is 41.7. The standard InChI is InChI=1S/C41H46Cl2N4O8/c1-27-30(6-3-7-32(27)33-8-4-9-35(38(33)43)53-15-5-12-47-13-10-41(52,26-49)11-14-47)24-55-37-18-36(54-23-29-16-28(19-44)20-45-21-29)31(17-34(37)42)22-46-40(2,25-48)39(50)51/h3-4,6-9,16-18,20-21,46,48-49,52H,5,10-15,22-26H2,1-2H3,(H,50,51)/t40-/m1/s1. The number of carboxylic acids is 1. The molecule has 5 N–H and O–H groups in total. The normalized spacial score (nSPS) is 15.2. The molecule has 3 aromatic carbocycles. The van der Waals surface area contributed by atoms with E-state index < -0.39 is 23.7 Å². The van der Waals surface area contributed by atoms with Crippen molar-refractivity contribution in [2.24, 2.45) is 0 Å². The van der Waals surface area contributed by atoms with E-state index in [0.29, 0.717) is 58.4 Å². The molecule has 1 fully saturated rings. The first-order valence-corrected chi connectivity index (χ1v) is 18.7. The van der Waals surface area contributed by atoms with Crippen LogP contribution < -0.4 is 19.5 Å². The monoisotopic (exact) mass is 792 g/mol. The van der Waals surface area contributed by atoms with Crippen LogP contribution in [0, 0.1) is 18.3 Å². The Hall–Kier alpha value is -4.45. The highest BCUT2D eigenvalue weighted by atomic mass is 35.5. The van der Waals surface area contributed by atoms with E-state index in [1.807, 2.05) is 43.3 Å². The third-order valence-corrected chi connectivity index (χ3v) is 10.6. The Labute approximate surface area is 330 Å². The Balaban J connectivity index is 1.29. The number of carbonyl (C=O) groups is 1. The van der Waals surface area contributed by atoms with Crippen LogP contribution in [0.1, 0.15) is 54.0 Å². The Morgan fingerprint density at radius 1 is 0.982 bits per heavy atom. The van der Waals surface area contributed by atoms with Crippen molar-refractivity contribution in [1.82, 2.24) is 15.2 Å². The van der Waals surface area contributed by atoms with E-state index >= 15 is 0 Å². The van der Waals surface area contributed by atoms with Crippen LogP contribution in [0.2, 0.25) is 10.0 Å². The van der Waals surface area contributed by atoms with E-state index in [9.17, 15) is 30.5 Å². The van der Waals surface area contributed by atoms with Crippen LogP contribution in [0.5, 0.6) is 17.2 Å². The van der Waals surface area contributed by atoms with Gasteiger partial charge in [-0.2, -0.15) is 5.26 Å². The predicted molar refractivity (Wildman–Crippen MR) is 208 cm³/mol. The summed E-state index contributed by atoms with van der Waals surface area (Å²) in [5, 5.41) is 52.0. The van der Waals surface area contributed by atoms with Crippen molar-refractivity contribution in [3.8, 4) is 34.4 Å². The van der Waals surface area contributed by atoms with Crippen molar-refractivity contribution in [1.29, 1.82) is 5.26 Å². The maximum absolute atomic E-state index is 11.8. The first-order chi connectivity index (χ1) is 26.4. The molecule has 292 valence electrons. The number of aliphatic hydroxyl groups is 3. The molecule has 0 radical (unpaired) electrons. The van der Waals surface area contributed by atoms with Crippen molar-refractivity contribution in [2.75, 3.05) is 39.5 Å². The van der Waals surface area contributed by atoms with Crippen molar-refractivity contribution in [2.45, 2.75) is 64.0 Å². The Morgan fingerprint density at radius 3 is 2.42 bits per heavy atom. The summed E-state index contributed by atoms with van der Waals surface area (Å²) in [7, 11) is 0. The number of nitrogens with zero attached hydrogens (tertiary/aromatic N) is 3. The fraction of sp³-hybridized carbons (Fsp3) is 0.390. The summed E-state index contributed by atoms with van der Waals surface area (Å²) in [5.41, 5.74) is 2.55. The zero-order valence-corrected chi connectivity index (χ0v) is 32.4. The van der Waals surface area contributed by atoms with Gasteiger partial charge in [0, 0.05) is 61.3 Å². The molecular weight excluding hydrogens is 747 g/mol. The molecule has 0 aliphatic carbocycles. The van der Waals surface area contributed by atoms with Gasteiger partial charge in [-0.15, -0.1) is 0 Å². The van der Waals surface area contributed by atoms with Crippen LogP contribution in [0.3, 0.4) is 0 Å². The highest BCUT2D eigenvalue weighted by Gasteiger charge is 2.33. The molecule has 0 saturated carbocycles. The molecule has 1 aromatic heterocycles. The highest BCUT2D eigenvalue weighted by Crippen LogP contribution is 2.39. The molecule has 1 aliphatic rings. The van der Waals surface area contributed by atoms with Crippen LogP contribution in [0.4, 0.5) is 0 Å². The van der Waals surface area contributed by atoms with Gasteiger partial charge in [0.2, 0.25) is 0 Å². The number of halogens is 2.